The van der Waals surface area contributed by atoms with Crippen LogP contribution in [0.1, 0.15) is 53.4 Å². The Labute approximate surface area is 263 Å². The summed E-state index contributed by atoms with van der Waals surface area (Å²) in [5.41, 5.74) is -0.231. The van der Waals surface area contributed by atoms with Crippen molar-refractivity contribution in [2.45, 2.75) is 71.0 Å². The number of rotatable bonds is 25. The molecule has 2 rings (SSSR count). The molecule has 0 aliphatic carbocycles. The third-order valence-corrected chi connectivity index (χ3v) is 7.82. The number of amides is 3. The van der Waals surface area contributed by atoms with Gasteiger partial charge < -0.3 is 48.9 Å². The molecule has 1 atom stereocenters. The maximum absolute atomic E-state index is 13.1. The maximum atomic E-state index is 13.1. The minimum absolute atomic E-state index is 0.0162. The minimum Gasteiger partial charge on any atom is -0.382 e. The average Bonchev–Trinajstić information content (AvgIpc) is 3.42. The van der Waals surface area contributed by atoms with Crippen LogP contribution in [0.4, 0.5) is 0 Å². The number of carbonyl (C=O) groups excluding carboxylic acids is 3. The van der Waals surface area contributed by atoms with E-state index in [0.29, 0.717) is 85.7 Å². The molecular weight excluding hydrogens is 572 g/mol. The van der Waals surface area contributed by atoms with E-state index in [1.54, 1.807) is 7.11 Å². The normalized spacial score (nSPS) is 16.6. The summed E-state index contributed by atoms with van der Waals surface area (Å²) in [6.45, 7) is 15.4. The van der Waals surface area contributed by atoms with Gasteiger partial charge in [-0.2, -0.15) is 0 Å². The lowest BCUT2D eigenvalue weighted by atomic mass is 9.86. The van der Waals surface area contributed by atoms with E-state index in [1.807, 2.05) is 37.5 Å². The monoisotopic (exact) mass is 630 g/mol. The number of carbonyl (C=O) groups is 3. The third-order valence-electron chi connectivity index (χ3n) is 7.82. The molecular formula is C31H58N4O9. The lowest BCUT2D eigenvalue weighted by Gasteiger charge is -2.53. The zero-order valence-corrected chi connectivity index (χ0v) is 27.7. The Bertz CT molecular complexity index is 824. The summed E-state index contributed by atoms with van der Waals surface area (Å²) in [5, 5.41) is 6.21. The number of hydrogen-bond donors (Lipinski definition) is 2. The van der Waals surface area contributed by atoms with Gasteiger partial charge in [-0.3, -0.25) is 14.4 Å². The molecule has 2 heterocycles. The number of ether oxygens (including phenoxy) is 6. The molecule has 2 fully saturated rings. The molecule has 0 saturated carbocycles. The number of likely N-dealkylation sites (tertiary alicyclic amines) is 2. The third kappa shape index (κ3) is 14.5. The van der Waals surface area contributed by atoms with Gasteiger partial charge in [0.25, 0.3) is 0 Å². The standard InChI is InChI=1S/C31H58N4O9/c1-25(2)27(21-29(37)34-23-31(24-34)8-6-9-35(31)30(38)22-32-26(3)4)33-28(36)7-10-40-13-14-42-17-18-44-20-19-43-16-15-41-12-11-39-5/h25-27,32H,6-24H2,1-5H3,(H,33,36)/t27-/m1/s1. The molecule has 0 aromatic heterocycles. The van der Waals surface area contributed by atoms with Crippen molar-refractivity contribution in [2.24, 2.45) is 5.92 Å². The molecule has 13 nitrogen and oxygen atoms in total. The average molecular weight is 631 g/mol. The lowest BCUT2D eigenvalue weighted by Crippen LogP contribution is -2.70. The Morgan fingerprint density at radius 3 is 1.77 bits per heavy atom. The van der Waals surface area contributed by atoms with E-state index in [9.17, 15) is 14.4 Å². The van der Waals surface area contributed by atoms with Gasteiger partial charge in [0.2, 0.25) is 17.7 Å². The summed E-state index contributed by atoms with van der Waals surface area (Å²) in [5.74, 6) is 0.0856. The quantitative estimate of drug-likeness (QED) is 0.140. The Morgan fingerprint density at radius 2 is 1.27 bits per heavy atom. The Balaban J connectivity index is 1.50. The van der Waals surface area contributed by atoms with Crippen molar-refractivity contribution in [1.29, 1.82) is 0 Å². The van der Waals surface area contributed by atoms with Gasteiger partial charge in [0.1, 0.15) is 0 Å². The Hall–Kier alpha value is -1.87. The Kier molecular flexibility index (Phi) is 19.0. The van der Waals surface area contributed by atoms with Crippen LogP contribution in [0.5, 0.6) is 0 Å². The topological polar surface area (TPSA) is 137 Å². The second kappa shape index (κ2) is 21.8. The highest BCUT2D eigenvalue weighted by atomic mass is 16.6. The van der Waals surface area contributed by atoms with E-state index in [2.05, 4.69) is 10.6 Å². The fourth-order valence-corrected chi connectivity index (χ4v) is 5.22. The molecule has 0 unspecified atom stereocenters. The van der Waals surface area contributed by atoms with Gasteiger partial charge in [-0.1, -0.05) is 27.7 Å². The summed E-state index contributed by atoms with van der Waals surface area (Å²) in [4.78, 5) is 42.2. The zero-order valence-electron chi connectivity index (χ0n) is 27.7. The fraction of sp³-hybridized carbons (Fsp3) is 0.903. The van der Waals surface area contributed by atoms with Crippen LogP contribution >= 0.6 is 0 Å². The van der Waals surface area contributed by atoms with Crippen LogP contribution < -0.4 is 10.6 Å². The molecule has 0 aromatic carbocycles. The second-order valence-electron chi connectivity index (χ2n) is 12.1. The molecule has 13 heteroatoms. The van der Waals surface area contributed by atoms with Gasteiger partial charge in [0.05, 0.1) is 84.8 Å². The SMILES string of the molecule is COCCOCCOCCOCCOCCOCCC(=O)N[C@H](CC(=O)N1CC2(CCCN2C(=O)CNC(C)C)C1)C(C)C. The van der Waals surface area contributed by atoms with Crippen LogP contribution in [-0.2, 0) is 42.8 Å². The van der Waals surface area contributed by atoms with Gasteiger partial charge in [-0.05, 0) is 18.8 Å². The Morgan fingerprint density at radius 1 is 0.750 bits per heavy atom. The van der Waals surface area contributed by atoms with Crippen LogP contribution in [-0.4, -0.2) is 151 Å². The van der Waals surface area contributed by atoms with Crippen molar-refractivity contribution >= 4 is 17.7 Å². The molecule has 2 saturated heterocycles. The minimum atomic E-state index is -0.258. The highest BCUT2D eigenvalue weighted by molar-refractivity contribution is 5.83. The summed E-state index contributed by atoms with van der Waals surface area (Å²) >= 11 is 0. The molecule has 2 N–H and O–H groups in total. The van der Waals surface area contributed by atoms with Gasteiger partial charge in [0, 0.05) is 51.7 Å². The molecule has 2 aliphatic rings. The predicted octanol–water partition coefficient (Wildman–Crippen LogP) is 0.838. The van der Waals surface area contributed by atoms with E-state index in [-0.39, 0.29) is 60.7 Å². The van der Waals surface area contributed by atoms with Crippen molar-refractivity contribution < 1.29 is 42.8 Å². The first-order valence-corrected chi connectivity index (χ1v) is 16.2. The van der Waals surface area contributed by atoms with Gasteiger partial charge in [-0.25, -0.2) is 0 Å². The van der Waals surface area contributed by atoms with Gasteiger partial charge in [0.15, 0.2) is 0 Å². The molecule has 0 bridgehead atoms. The van der Waals surface area contributed by atoms with E-state index >= 15 is 0 Å². The number of nitrogens with zero attached hydrogens (tertiary/aromatic N) is 2. The van der Waals surface area contributed by atoms with E-state index in [1.165, 1.54) is 0 Å². The summed E-state index contributed by atoms with van der Waals surface area (Å²) in [7, 11) is 1.64. The maximum Gasteiger partial charge on any atom is 0.237 e. The van der Waals surface area contributed by atoms with E-state index < -0.39 is 0 Å². The van der Waals surface area contributed by atoms with Crippen LogP contribution in [0, 0.1) is 5.92 Å². The zero-order chi connectivity index (χ0) is 32.2. The van der Waals surface area contributed by atoms with Gasteiger partial charge in [-0.15, -0.1) is 0 Å². The molecule has 2 aliphatic heterocycles. The number of nitrogens with one attached hydrogen (secondary N) is 2. The lowest BCUT2D eigenvalue weighted by molar-refractivity contribution is -0.154. The summed E-state index contributed by atoms with van der Waals surface area (Å²) in [6.07, 6.45) is 2.35. The first-order valence-electron chi connectivity index (χ1n) is 16.2. The van der Waals surface area contributed by atoms with Gasteiger partial charge >= 0.3 is 0 Å². The summed E-state index contributed by atoms with van der Waals surface area (Å²) in [6, 6.07) is -0.0113. The molecule has 1 spiro atoms. The largest absolute Gasteiger partial charge is 0.382 e. The van der Waals surface area contributed by atoms with Crippen molar-refractivity contribution in [3.8, 4) is 0 Å². The smallest absolute Gasteiger partial charge is 0.237 e. The fourth-order valence-electron chi connectivity index (χ4n) is 5.22. The highest BCUT2D eigenvalue weighted by Crippen LogP contribution is 2.38. The highest BCUT2D eigenvalue weighted by Gasteiger charge is 2.53. The molecule has 3 amide bonds. The van der Waals surface area contributed by atoms with Crippen LogP contribution in [0.15, 0.2) is 0 Å². The first kappa shape index (κ1) is 38.3. The molecule has 256 valence electrons. The molecule has 44 heavy (non-hydrogen) atoms. The summed E-state index contributed by atoms with van der Waals surface area (Å²) < 4.78 is 32.1. The molecule has 0 radical (unpaired) electrons. The van der Waals surface area contributed by atoms with Crippen LogP contribution in [0.2, 0.25) is 0 Å². The van der Waals surface area contributed by atoms with Crippen molar-refractivity contribution in [2.75, 3.05) is 106 Å². The van der Waals surface area contributed by atoms with Crippen molar-refractivity contribution in [3.63, 3.8) is 0 Å². The van der Waals surface area contributed by atoms with E-state index in [4.69, 9.17) is 28.4 Å². The number of hydrogen-bond acceptors (Lipinski definition) is 10. The second-order valence-corrected chi connectivity index (χ2v) is 12.1. The molecule has 0 aromatic rings. The van der Waals surface area contributed by atoms with Crippen molar-refractivity contribution in [1.82, 2.24) is 20.4 Å². The van der Waals surface area contributed by atoms with Crippen molar-refractivity contribution in [3.05, 3.63) is 0 Å². The van der Waals surface area contributed by atoms with E-state index in [0.717, 1.165) is 19.4 Å². The van der Waals surface area contributed by atoms with Crippen LogP contribution in [0.3, 0.4) is 0 Å². The number of methoxy groups -OCH3 is 1. The first-order chi connectivity index (χ1) is 21.2. The van der Waals surface area contributed by atoms with Crippen LogP contribution in [0.25, 0.3) is 0 Å². The predicted molar refractivity (Wildman–Crippen MR) is 165 cm³/mol.